The Morgan fingerprint density at radius 1 is 1.25 bits per heavy atom. The number of carbonyl (C=O) groups excluding carboxylic acids is 1. The molecule has 10 heteroatoms. The summed E-state index contributed by atoms with van der Waals surface area (Å²) in [6.07, 6.45) is 1.76. The van der Waals surface area contributed by atoms with Crippen LogP contribution in [0.2, 0.25) is 10.0 Å². The molecule has 5 nitrogen and oxygen atoms in total. The number of sulfonamides is 1. The van der Waals surface area contributed by atoms with E-state index in [1.807, 2.05) is 0 Å². The fourth-order valence-corrected chi connectivity index (χ4v) is 6.62. The van der Waals surface area contributed by atoms with Gasteiger partial charge in [-0.2, -0.15) is 4.31 Å². The highest BCUT2D eigenvalue weighted by Gasteiger charge is 2.28. The molecular formula is C18H19Cl2FN2O3S2. The van der Waals surface area contributed by atoms with Crippen molar-refractivity contribution in [3.05, 3.63) is 50.6 Å². The summed E-state index contributed by atoms with van der Waals surface area (Å²) in [6, 6.07) is 5.15. The van der Waals surface area contributed by atoms with Crippen molar-refractivity contribution in [1.29, 1.82) is 0 Å². The Kier molecular flexibility index (Phi) is 6.66. The Bertz CT molecular complexity index is 989. The molecule has 1 atom stereocenters. The molecule has 2 heterocycles. The summed E-state index contributed by atoms with van der Waals surface area (Å²) < 4.78 is 40.5. The highest BCUT2D eigenvalue weighted by molar-refractivity contribution is 7.91. The highest BCUT2D eigenvalue weighted by Crippen LogP contribution is 2.30. The van der Waals surface area contributed by atoms with Gasteiger partial charge in [0.15, 0.2) is 0 Å². The first kappa shape index (κ1) is 21.5. The predicted octanol–water partition coefficient (Wildman–Crippen LogP) is 4.40. The SMILES string of the molecule is CC(NC(=O)Cc1ccc(S(=O)(=O)N2CCCC2)s1)c1cc(F)c(Cl)cc1Cl. The van der Waals surface area contributed by atoms with Crippen molar-refractivity contribution >= 4 is 50.5 Å². The Morgan fingerprint density at radius 2 is 1.93 bits per heavy atom. The molecule has 2 aromatic rings. The van der Waals surface area contributed by atoms with Crippen molar-refractivity contribution < 1.29 is 17.6 Å². The Balaban J connectivity index is 1.66. The number of carbonyl (C=O) groups is 1. The van der Waals surface area contributed by atoms with Crippen LogP contribution < -0.4 is 5.32 Å². The van der Waals surface area contributed by atoms with Crippen LogP contribution >= 0.6 is 34.5 Å². The number of rotatable bonds is 6. The number of halogens is 3. The summed E-state index contributed by atoms with van der Waals surface area (Å²) in [5.41, 5.74) is 0.417. The van der Waals surface area contributed by atoms with E-state index in [9.17, 15) is 17.6 Å². The second kappa shape index (κ2) is 8.67. The van der Waals surface area contributed by atoms with Gasteiger partial charge in [0.05, 0.1) is 17.5 Å². The molecule has 1 saturated heterocycles. The van der Waals surface area contributed by atoms with Crippen molar-refractivity contribution in [3.8, 4) is 0 Å². The van der Waals surface area contributed by atoms with E-state index < -0.39 is 21.9 Å². The van der Waals surface area contributed by atoms with Crippen molar-refractivity contribution in [1.82, 2.24) is 9.62 Å². The van der Waals surface area contributed by atoms with Gasteiger partial charge in [0.2, 0.25) is 5.91 Å². The monoisotopic (exact) mass is 464 g/mol. The van der Waals surface area contributed by atoms with Crippen molar-refractivity contribution in [2.75, 3.05) is 13.1 Å². The molecule has 0 saturated carbocycles. The number of hydrogen-bond acceptors (Lipinski definition) is 4. The molecule has 1 aromatic heterocycles. The van der Waals surface area contributed by atoms with Crippen molar-refractivity contribution in [2.24, 2.45) is 0 Å². The summed E-state index contributed by atoms with van der Waals surface area (Å²) in [5.74, 6) is -0.928. The number of nitrogens with zero attached hydrogens (tertiary/aromatic N) is 1. The lowest BCUT2D eigenvalue weighted by molar-refractivity contribution is -0.121. The first-order valence-corrected chi connectivity index (χ1v) is 11.7. The van der Waals surface area contributed by atoms with Crippen LogP contribution in [0.4, 0.5) is 4.39 Å². The molecule has 1 aliphatic heterocycles. The topological polar surface area (TPSA) is 66.5 Å². The summed E-state index contributed by atoms with van der Waals surface area (Å²) in [5, 5.41) is 2.92. The Labute approximate surface area is 177 Å². The van der Waals surface area contributed by atoms with E-state index in [4.69, 9.17) is 23.2 Å². The second-order valence-electron chi connectivity index (χ2n) is 6.59. The maximum absolute atomic E-state index is 13.7. The summed E-state index contributed by atoms with van der Waals surface area (Å²) >= 11 is 12.9. The van der Waals surface area contributed by atoms with Crippen LogP contribution in [-0.2, 0) is 21.2 Å². The minimum atomic E-state index is -3.49. The lowest BCUT2D eigenvalue weighted by Gasteiger charge is -2.16. The van der Waals surface area contributed by atoms with Crippen LogP contribution in [0.5, 0.6) is 0 Å². The minimum Gasteiger partial charge on any atom is -0.349 e. The molecule has 1 aliphatic rings. The second-order valence-corrected chi connectivity index (χ2v) is 10.7. The van der Waals surface area contributed by atoms with Crippen molar-refractivity contribution in [2.45, 2.75) is 36.4 Å². The number of thiophene rings is 1. The number of nitrogens with one attached hydrogen (secondary N) is 1. The van der Waals surface area contributed by atoms with E-state index in [-0.39, 0.29) is 26.6 Å². The zero-order valence-electron chi connectivity index (χ0n) is 15.0. The molecule has 1 N–H and O–H groups in total. The molecule has 1 fully saturated rings. The molecule has 28 heavy (non-hydrogen) atoms. The molecule has 3 rings (SSSR count). The van der Waals surface area contributed by atoms with Crippen LogP contribution in [-0.4, -0.2) is 31.7 Å². The van der Waals surface area contributed by atoms with Gasteiger partial charge in [0, 0.05) is 23.0 Å². The quantitative estimate of drug-likeness (QED) is 0.644. The molecule has 0 bridgehead atoms. The van der Waals surface area contributed by atoms with Crippen LogP contribution in [0.3, 0.4) is 0 Å². The van der Waals surface area contributed by atoms with E-state index in [0.717, 1.165) is 24.2 Å². The van der Waals surface area contributed by atoms with Gasteiger partial charge in [0.25, 0.3) is 10.0 Å². The molecule has 0 spiro atoms. The Hall–Kier alpha value is -1.19. The third-order valence-electron chi connectivity index (χ3n) is 4.51. The molecule has 0 aliphatic carbocycles. The van der Waals surface area contributed by atoms with Crippen LogP contribution in [0, 0.1) is 5.82 Å². The van der Waals surface area contributed by atoms with E-state index >= 15 is 0 Å². The number of hydrogen-bond donors (Lipinski definition) is 1. The Morgan fingerprint density at radius 3 is 2.61 bits per heavy atom. The van der Waals surface area contributed by atoms with Crippen LogP contribution in [0.25, 0.3) is 0 Å². The third kappa shape index (κ3) is 4.68. The fraction of sp³-hybridized carbons (Fsp3) is 0.389. The average molecular weight is 465 g/mol. The maximum atomic E-state index is 13.7. The standard InChI is InChI=1S/C18H19Cl2FN2O3S2/c1-11(13-9-16(21)15(20)10-14(13)19)22-17(24)8-12-4-5-18(27-12)28(25,26)23-6-2-3-7-23/h4-5,9-11H,2-3,6-8H2,1H3,(H,22,24). The van der Waals surface area contributed by atoms with E-state index in [2.05, 4.69) is 5.32 Å². The molecule has 1 amide bonds. The zero-order valence-corrected chi connectivity index (χ0v) is 18.2. The van der Waals surface area contributed by atoms with Gasteiger partial charge in [-0.15, -0.1) is 11.3 Å². The van der Waals surface area contributed by atoms with Gasteiger partial charge >= 0.3 is 0 Å². The van der Waals surface area contributed by atoms with Crippen LogP contribution in [0.1, 0.15) is 36.2 Å². The van der Waals surface area contributed by atoms with E-state index in [0.29, 0.717) is 23.5 Å². The van der Waals surface area contributed by atoms with Gasteiger partial charge in [-0.25, -0.2) is 12.8 Å². The molecule has 152 valence electrons. The summed E-state index contributed by atoms with van der Waals surface area (Å²) in [6.45, 7) is 2.75. The zero-order chi connectivity index (χ0) is 20.5. The van der Waals surface area contributed by atoms with Gasteiger partial charge in [-0.05, 0) is 49.6 Å². The lowest BCUT2D eigenvalue weighted by atomic mass is 10.1. The third-order valence-corrected chi connectivity index (χ3v) is 8.58. The van der Waals surface area contributed by atoms with Gasteiger partial charge in [-0.1, -0.05) is 23.2 Å². The summed E-state index contributed by atoms with van der Waals surface area (Å²) in [7, 11) is -3.49. The van der Waals surface area contributed by atoms with Crippen molar-refractivity contribution in [3.63, 3.8) is 0 Å². The smallest absolute Gasteiger partial charge is 0.252 e. The summed E-state index contributed by atoms with van der Waals surface area (Å²) in [4.78, 5) is 13.0. The normalized spacial score (nSPS) is 16.3. The first-order valence-electron chi connectivity index (χ1n) is 8.71. The fourth-order valence-electron chi connectivity index (χ4n) is 3.05. The minimum absolute atomic E-state index is 0.0260. The van der Waals surface area contributed by atoms with E-state index in [1.165, 1.54) is 22.5 Å². The first-order chi connectivity index (χ1) is 13.2. The van der Waals surface area contributed by atoms with Crippen LogP contribution in [0.15, 0.2) is 28.5 Å². The highest BCUT2D eigenvalue weighted by atomic mass is 35.5. The average Bonchev–Trinajstić information content (AvgIpc) is 3.30. The predicted molar refractivity (Wildman–Crippen MR) is 109 cm³/mol. The molecule has 1 unspecified atom stereocenters. The largest absolute Gasteiger partial charge is 0.349 e. The number of amides is 1. The van der Waals surface area contributed by atoms with Gasteiger partial charge in [0.1, 0.15) is 10.0 Å². The molecule has 1 aromatic carbocycles. The number of benzene rings is 1. The molecular weight excluding hydrogens is 446 g/mol. The van der Waals surface area contributed by atoms with E-state index in [1.54, 1.807) is 13.0 Å². The molecule has 0 radical (unpaired) electrons. The van der Waals surface area contributed by atoms with Gasteiger partial charge < -0.3 is 5.32 Å². The maximum Gasteiger partial charge on any atom is 0.252 e. The van der Waals surface area contributed by atoms with Gasteiger partial charge in [-0.3, -0.25) is 4.79 Å². The lowest BCUT2D eigenvalue weighted by Crippen LogP contribution is -2.28.